The van der Waals surface area contributed by atoms with Gasteiger partial charge in [-0.3, -0.25) is 4.79 Å². The van der Waals surface area contributed by atoms with E-state index in [9.17, 15) is 4.79 Å². The lowest BCUT2D eigenvalue weighted by Gasteiger charge is -2.22. The molecule has 0 bridgehead atoms. The molecule has 94 valence electrons. The first-order valence-electron chi connectivity index (χ1n) is 6.33. The van der Waals surface area contributed by atoms with E-state index in [0.717, 1.165) is 32.4 Å². The van der Waals surface area contributed by atoms with Gasteiger partial charge in [-0.15, -0.1) is 0 Å². The highest BCUT2D eigenvalue weighted by Gasteiger charge is 2.19. The van der Waals surface area contributed by atoms with Crippen LogP contribution in [0.5, 0.6) is 0 Å². The van der Waals surface area contributed by atoms with E-state index in [1.165, 1.54) is 6.42 Å². The molecule has 0 unspecified atom stereocenters. The Labute approximate surface area is 98.1 Å². The van der Waals surface area contributed by atoms with Gasteiger partial charge < -0.3 is 15.4 Å². The van der Waals surface area contributed by atoms with Crippen molar-refractivity contribution in [2.45, 2.75) is 51.7 Å². The van der Waals surface area contributed by atoms with Crippen LogP contribution in [0.25, 0.3) is 0 Å². The van der Waals surface area contributed by atoms with E-state index in [1.54, 1.807) is 0 Å². The topological polar surface area (TPSA) is 50.4 Å². The molecule has 0 radical (unpaired) electrons. The van der Waals surface area contributed by atoms with Crippen molar-refractivity contribution in [1.82, 2.24) is 10.6 Å². The van der Waals surface area contributed by atoms with Crippen molar-refractivity contribution in [3.8, 4) is 0 Å². The molecule has 4 heteroatoms. The Hall–Kier alpha value is -0.610. The van der Waals surface area contributed by atoms with E-state index in [4.69, 9.17) is 4.74 Å². The average molecular weight is 228 g/mol. The van der Waals surface area contributed by atoms with Crippen LogP contribution in [-0.2, 0) is 9.53 Å². The van der Waals surface area contributed by atoms with Crippen LogP contribution in [0.15, 0.2) is 0 Å². The molecule has 1 heterocycles. The third kappa shape index (κ3) is 5.47. The summed E-state index contributed by atoms with van der Waals surface area (Å²) in [6.45, 7) is 6.43. The zero-order chi connectivity index (χ0) is 11.8. The Morgan fingerprint density at radius 3 is 2.94 bits per heavy atom. The Morgan fingerprint density at radius 2 is 2.31 bits per heavy atom. The van der Waals surface area contributed by atoms with Crippen molar-refractivity contribution in [2.24, 2.45) is 0 Å². The molecular formula is C12H24N2O2. The lowest BCUT2D eigenvalue weighted by atomic mass is 10.0. The molecule has 4 nitrogen and oxygen atoms in total. The van der Waals surface area contributed by atoms with Crippen LogP contribution >= 0.6 is 0 Å². The highest BCUT2D eigenvalue weighted by molar-refractivity contribution is 5.81. The third-order valence-electron chi connectivity index (χ3n) is 2.70. The normalized spacial score (nSPS) is 21.1. The number of rotatable bonds is 6. The summed E-state index contributed by atoms with van der Waals surface area (Å²) < 4.78 is 5.40. The maximum atomic E-state index is 11.7. The minimum absolute atomic E-state index is 0.0276. The molecule has 1 saturated heterocycles. The molecule has 0 saturated carbocycles. The monoisotopic (exact) mass is 228 g/mol. The molecule has 0 aliphatic carbocycles. The molecule has 0 aromatic rings. The van der Waals surface area contributed by atoms with E-state index in [0.29, 0.717) is 6.54 Å². The minimum atomic E-state index is 0.0276. The first-order chi connectivity index (χ1) is 7.70. The van der Waals surface area contributed by atoms with Crippen molar-refractivity contribution in [3.05, 3.63) is 0 Å². The number of hydrogen-bond acceptors (Lipinski definition) is 3. The quantitative estimate of drug-likeness (QED) is 0.668. The minimum Gasteiger partial charge on any atom is -0.379 e. The third-order valence-corrected chi connectivity index (χ3v) is 2.70. The van der Waals surface area contributed by atoms with E-state index < -0.39 is 0 Å². The molecule has 1 fully saturated rings. The summed E-state index contributed by atoms with van der Waals surface area (Å²) in [5.74, 6) is 0.143. The van der Waals surface area contributed by atoms with Gasteiger partial charge in [0.05, 0.1) is 12.1 Å². The van der Waals surface area contributed by atoms with Crippen LogP contribution in [0.3, 0.4) is 0 Å². The maximum absolute atomic E-state index is 11.7. The Bertz CT molecular complexity index is 201. The van der Waals surface area contributed by atoms with Gasteiger partial charge in [-0.25, -0.2) is 0 Å². The van der Waals surface area contributed by atoms with Crippen molar-refractivity contribution in [2.75, 3.05) is 19.7 Å². The molecule has 0 aromatic carbocycles. The maximum Gasteiger partial charge on any atom is 0.237 e. The summed E-state index contributed by atoms with van der Waals surface area (Å²) in [6.07, 6.45) is 4.47. The second-order valence-electron chi connectivity index (χ2n) is 4.57. The smallest absolute Gasteiger partial charge is 0.237 e. The zero-order valence-electron chi connectivity index (χ0n) is 10.4. The highest BCUT2D eigenvalue weighted by Crippen LogP contribution is 2.06. The van der Waals surface area contributed by atoms with Crippen molar-refractivity contribution < 1.29 is 9.53 Å². The molecule has 0 aromatic heterocycles. The number of amides is 1. The van der Waals surface area contributed by atoms with Gasteiger partial charge in [-0.1, -0.05) is 6.42 Å². The van der Waals surface area contributed by atoms with Crippen LogP contribution in [0.1, 0.15) is 39.5 Å². The van der Waals surface area contributed by atoms with Crippen LogP contribution in [0, 0.1) is 0 Å². The number of piperidine rings is 1. The highest BCUT2D eigenvalue weighted by atomic mass is 16.5. The lowest BCUT2D eigenvalue weighted by Crippen LogP contribution is -2.46. The standard InChI is InChI=1S/C12H24N2O2/c1-10(2)16-9-5-8-14-12(15)11-6-3-4-7-13-11/h10-11,13H,3-9H2,1-2H3,(H,14,15)/t11-/m1/s1. The van der Waals surface area contributed by atoms with Crippen molar-refractivity contribution in [3.63, 3.8) is 0 Å². The van der Waals surface area contributed by atoms with Gasteiger partial charge in [0, 0.05) is 13.2 Å². The molecule has 1 rings (SSSR count). The molecule has 0 spiro atoms. The predicted octanol–water partition coefficient (Wildman–Crippen LogP) is 1.06. The first-order valence-corrected chi connectivity index (χ1v) is 6.33. The molecular weight excluding hydrogens is 204 g/mol. The largest absolute Gasteiger partial charge is 0.379 e. The first kappa shape index (κ1) is 13.5. The van der Waals surface area contributed by atoms with Gasteiger partial charge in [0.15, 0.2) is 0 Å². The molecule has 16 heavy (non-hydrogen) atoms. The predicted molar refractivity (Wildman–Crippen MR) is 64.4 cm³/mol. The molecule has 1 aliphatic rings. The fourth-order valence-corrected chi connectivity index (χ4v) is 1.80. The number of carbonyl (C=O) groups excluding carboxylic acids is 1. The summed E-state index contributed by atoms with van der Waals surface area (Å²) in [4.78, 5) is 11.7. The summed E-state index contributed by atoms with van der Waals surface area (Å²) in [7, 11) is 0. The summed E-state index contributed by atoms with van der Waals surface area (Å²) in [6, 6.07) is 0.0276. The van der Waals surface area contributed by atoms with Gasteiger partial charge in [-0.2, -0.15) is 0 Å². The molecule has 2 N–H and O–H groups in total. The fraction of sp³-hybridized carbons (Fsp3) is 0.917. The molecule has 1 amide bonds. The second-order valence-corrected chi connectivity index (χ2v) is 4.57. The SMILES string of the molecule is CC(C)OCCCNC(=O)[C@H]1CCCCN1. The zero-order valence-corrected chi connectivity index (χ0v) is 10.4. The molecule has 1 aliphatic heterocycles. The molecule has 1 atom stereocenters. The van der Waals surface area contributed by atoms with Crippen molar-refractivity contribution in [1.29, 1.82) is 0 Å². The number of hydrogen-bond donors (Lipinski definition) is 2. The fourth-order valence-electron chi connectivity index (χ4n) is 1.80. The van der Waals surface area contributed by atoms with E-state index in [-0.39, 0.29) is 18.1 Å². The van der Waals surface area contributed by atoms with Crippen LogP contribution in [-0.4, -0.2) is 37.7 Å². The van der Waals surface area contributed by atoms with Crippen molar-refractivity contribution >= 4 is 5.91 Å². The Kier molecular flexibility index (Phi) is 6.42. The van der Waals surface area contributed by atoms with Gasteiger partial charge in [0.25, 0.3) is 0 Å². The Balaban J connectivity index is 2.01. The summed E-state index contributed by atoms with van der Waals surface area (Å²) >= 11 is 0. The van der Waals surface area contributed by atoms with Crippen LogP contribution in [0.4, 0.5) is 0 Å². The summed E-state index contributed by atoms with van der Waals surface area (Å²) in [5, 5.41) is 6.18. The number of ether oxygens (including phenoxy) is 1. The van der Waals surface area contributed by atoms with E-state index in [2.05, 4.69) is 10.6 Å². The van der Waals surface area contributed by atoms with Gasteiger partial charge in [-0.05, 0) is 39.7 Å². The van der Waals surface area contributed by atoms with Gasteiger partial charge in [0.2, 0.25) is 5.91 Å². The van der Waals surface area contributed by atoms with Gasteiger partial charge >= 0.3 is 0 Å². The van der Waals surface area contributed by atoms with Gasteiger partial charge in [0.1, 0.15) is 0 Å². The number of nitrogens with one attached hydrogen (secondary N) is 2. The lowest BCUT2D eigenvalue weighted by molar-refractivity contribution is -0.123. The second kappa shape index (κ2) is 7.63. The van der Waals surface area contributed by atoms with Crippen LogP contribution < -0.4 is 10.6 Å². The van der Waals surface area contributed by atoms with E-state index in [1.807, 2.05) is 13.8 Å². The average Bonchev–Trinajstić information content (AvgIpc) is 2.29. The van der Waals surface area contributed by atoms with E-state index >= 15 is 0 Å². The van der Waals surface area contributed by atoms with Crippen LogP contribution in [0.2, 0.25) is 0 Å². The number of carbonyl (C=O) groups is 1. The Morgan fingerprint density at radius 1 is 1.50 bits per heavy atom. The summed E-state index contributed by atoms with van der Waals surface area (Å²) in [5.41, 5.74) is 0.